The summed E-state index contributed by atoms with van der Waals surface area (Å²) in [7, 11) is 0. The Bertz CT molecular complexity index is 620. The maximum atomic E-state index is 5.06. The highest BCUT2D eigenvalue weighted by molar-refractivity contribution is 5.00. The molecule has 0 atom stereocenters. The molecule has 0 aromatic carbocycles. The van der Waals surface area contributed by atoms with Crippen molar-refractivity contribution in [3.63, 3.8) is 0 Å². The third kappa shape index (κ3) is 4.17. The Hall–Kier alpha value is -1.73. The molecule has 0 unspecified atom stereocenters. The Kier molecular flexibility index (Phi) is 5.07. The first-order chi connectivity index (χ1) is 11.1. The van der Waals surface area contributed by atoms with Gasteiger partial charge < -0.3 is 9.09 Å². The molecule has 0 saturated carbocycles. The van der Waals surface area contributed by atoms with Gasteiger partial charge in [-0.1, -0.05) is 5.16 Å². The minimum absolute atomic E-state index is 0.456. The van der Waals surface area contributed by atoms with E-state index in [0.29, 0.717) is 11.9 Å². The minimum atomic E-state index is 0.456. The van der Waals surface area contributed by atoms with E-state index in [2.05, 4.69) is 43.3 Å². The number of hydrogen-bond acceptors (Lipinski definition) is 6. The lowest BCUT2D eigenvalue weighted by atomic mass is 10.3. The van der Waals surface area contributed by atoms with E-state index in [1.165, 1.54) is 5.69 Å². The Morgan fingerprint density at radius 3 is 2.52 bits per heavy atom. The molecular formula is C16H26N6O. The Labute approximate surface area is 137 Å². The molecule has 2 aromatic rings. The van der Waals surface area contributed by atoms with Crippen LogP contribution >= 0.6 is 0 Å². The molecule has 0 spiro atoms. The Morgan fingerprint density at radius 2 is 1.87 bits per heavy atom. The van der Waals surface area contributed by atoms with E-state index < -0.39 is 0 Å². The standard InChI is InChI=1S/C16H26N6O/c1-13(2)22-12-17-9-15(22)10-20-5-4-6-21(8-7-20)11-16-18-14(3)23-19-16/h9,12-13H,4-8,10-11H2,1-3H3. The average Bonchev–Trinajstić information content (AvgIpc) is 3.06. The van der Waals surface area contributed by atoms with Gasteiger partial charge in [-0.05, 0) is 33.4 Å². The van der Waals surface area contributed by atoms with Crippen molar-refractivity contribution in [3.8, 4) is 0 Å². The van der Waals surface area contributed by atoms with Crippen molar-refractivity contribution in [1.29, 1.82) is 0 Å². The smallest absolute Gasteiger partial charge is 0.223 e. The van der Waals surface area contributed by atoms with Gasteiger partial charge in [-0.3, -0.25) is 9.80 Å². The van der Waals surface area contributed by atoms with Crippen LogP contribution in [0.3, 0.4) is 0 Å². The molecule has 0 aliphatic carbocycles. The van der Waals surface area contributed by atoms with Crippen LogP contribution < -0.4 is 0 Å². The third-order valence-corrected chi connectivity index (χ3v) is 4.30. The van der Waals surface area contributed by atoms with E-state index in [0.717, 1.165) is 51.5 Å². The van der Waals surface area contributed by atoms with Crippen LogP contribution in [-0.2, 0) is 13.1 Å². The van der Waals surface area contributed by atoms with E-state index in [4.69, 9.17) is 4.52 Å². The molecule has 1 aliphatic rings. The SMILES string of the molecule is Cc1nc(CN2CCCN(Cc3cncn3C(C)C)CC2)no1. The summed E-state index contributed by atoms with van der Waals surface area (Å²) < 4.78 is 7.31. The zero-order valence-corrected chi connectivity index (χ0v) is 14.3. The second kappa shape index (κ2) is 7.23. The highest BCUT2D eigenvalue weighted by Gasteiger charge is 2.18. The number of aromatic nitrogens is 4. The van der Waals surface area contributed by atoms with E-state index in [1.54, 1.807) is 0 Å². The highest BCUT2D eigenvalue weighted by Crippen LogP contribution is 2.14. The van der Waals surface area contributed by atoms with Crippen LogP contribution in [0.25, 0.3) is 0 Å². The Morgan fingerprint density at radius 1 is 1.13 bits per heavy atom. The zero-order valence-electron chi connectivity index (χ0n) is 14.3. The predicted molar refractivity (Wildman–Crippen MR) is 86.8 cm³/mol. The molecule has 1 saturated heterocycles. The molecule has 1 aliphatic heterocycles. The van der Waals surface area contributed by atoms with E-state index in [1.807, 2.05) is 19.4 Å². The molecular weight excluding hydrogens is 292 g/mol. The van der Waals surface area contributed by atoms with Gasteiger partial charge in [0.2, 0.25) is 5.89 Å². The summed E-state index contributed by atoms with van der Waals surface area (Å²) in [6, 6.07) is 0.456. The van der Waals surface area contributed by atoms with Crippen LogP contribution in [0.4, 0.5) is 0 Å². The lowest BCUT2D eigenvalue weighted by Gasteiger charge is -2.22. The molecule has 0 bridgehead atoms. The number of hydrogen-bond donors (Lipinski definition) is 0. The van der Waals surface area contributed by atoms with Crippen molar-refractivity contribution in [2.24, 2.45) is 0 Å². The summed E-state index contributed by atoms with van der Waals surface area (Å²) in [4.78, 5) is 13.5. The fourth-order valence-electron chi connectivity index (χ4n) is 3.09. The molecule has 0 amide bonds. The summed E-state index contributed by atoms with van der Waals surface area (Å²) in [5, 5.41) is 4.00. The summed E-state index contributed by atoms with van der Waals surface area (Å²) in [5.41, 5.74) is 1.29. The minimum Gasteiger partial charge on any atom is -0.340 e. The topological polar surface area (TPSA) is 63.2 Å². The second-order valence-electron chi connectivity index (χ2n) is 6.52. The van der Waals surface area contributed by atoms with E-state index in [-0.39, 0.29) is 0 Å². The summed E-state index contributed by atoms with van der Waals surface area (Å²) >= 11 is 0. The molecule has 23 heavy (non-hydrogen) atoms. The van der Waals surface area contributed by atoms with Gasteiger partial charge in [-0.2, -0.15) is 4.98 Å². The number of rotatable bonds is 5. The van der Waals surface area contributed by atoms with Crippen molar-refractivity contribution in [2.75, 3.05) is 26.2 Å². The number of aryl methyl sites for hydroxylation is 1. The van der Waals surface area contributed by atoms with Crippen molar-refractivity contribution >= 4 is 0 Å². The van der Waals surface area contributed by atoms with Crippen LogP contribution in [0, 0.1) is 6.92 Å². The quantitative estimate of drug-likeness (QED) is 0.838. The van der Waals surface area contributed by atoms with Crippen molar-refractivity contribution < 1.29 is 4.52 Å². The van der Waals surface area contributed by atoms with Gasteiger partial charge in [0.25, 0.3) is 0 Å². The zero-order chi connectivity index (χ0) is 16.2. The van der Waals surface area contributed by atoms with Gasteiger partial charge in [0.15, 0.2) is 5.82 Å². The molecule has 7 heteroatoms. The molecule has 7 nitrogen and oxygen atoms in total. The fraction of sp³-hybridized carbons (Fsp3) is 0.688. The first-order valence-electron chi connectivity index (χ1n) is 8.36. The monoisotopic (exact) mass is 318 g/mol. The largest absolute Gasteiger partial charge is 0.340 e. The summed E-state index contributed by atoms with van der Waals surface area (Å²) in [5.74, 6) is 1.42. The number of nitrogens with zero attached hydrogens (tertiary/aromatic N) is 6. The van der Waals surface area contributed by atoms with Crippen molar-refractivity contribution in [2.45, 2.75) is 46.3 Å². The van der Waals surface area contributed by atoms with Gasteiger partial charge in [0.1, 0.15) is 0 Å². The molecule has 0 radical (unpaired) electrons. The molecule has 126 valence electrons. The van der Waals surface area contributed by atoms with E-state index >= 15 is 0 Å². The van der Waals surface area contributed by atoms with Gasteiger partial charge in [0.05, 0.1) is 18.6 Å². The van der Waals surface area contributed by atoms with Gasteiger partial charge in [-0.15, -0.1) is 0 Å². The van der Waals surface area contributed by atoms with Gasteiger partial charge in [0, 0.05) is 38.8 Å². The fourth-order valence-corrected chi connectivity index (χ4v) is 3.09. The third-order valence-electron chi connectivity index (χ3n) is 4.30. The molecule has 3 rings (SSSR count). The summed E-state index contributed by atoms with van der Waals surface area (Å²) in [6.07, 6.45) is 5.08. The predicted octanol–water partition coefficient (Wildman–Crippen LogP) is 1.86. The average molecular weight is 318 g/mol. The van der Waals surface area contributed by atoms with Crippen LogP contribution in [-0.4, -0.2) is 55.7 Å². The van der Waals surface area contributed by atoms with Crippen LogP contribution in [0.15, 0.2) is 17.0 Å². The first kappa shape index (κ1) is 16.1. The molecule has 3 heterocycles. The molecule has 0 N–H and O–H groups in total. The normalized spacial score (nSPS) is 17.7. The maximum Gasteiger partial charge on any atom is 0.223 e. The molecule has 2 aromatic heterocycles. The van der Waals surface area contributed by atoms with Gasteiger partial charge >= 0.3 is 0 Å². The van der Waals surface area contributed by atoms with E-state index in [9.17, 15) is 0 Å². The Balaban J connectivity index is 1.55. The van der Waals surface area contributed by atoms with Gasteiger partial charge in [-0.25, -0.2) is 4.98 Å². The van der Waals surface area contributed by atoms with Crippen molar-refractivity contribution in [3.05, 3.63) is 29.9 Å². The summed E-state index contributed by atoms with van der Waals surface area (Å²) in [6.45, 7) is 12.2. The lowest BCUT2D eigenvalue weighted by Crippen LogP contribution is -2.31. The maximum absolute atomic E-state index is 5.06. The lowest BCUT2D eigenvalue weighted by molar-refractivity contribution is 0.237. The highest BCUT2D eigenvalue weighted by atomic mass is 16.5. The van der Waals surface area contributed by atoms with Crippen LogP contribution in [0.2, 0.25) is 0 Å². The van der Waals surface area contributed by atoms with Crippen LogP contribution in [0.1, 0.15) is 43.7 Å². The first-order valence-corrected chi connectivity index (χ1v) is 8.36. The number of imidazole rings is 1. The second-order valence-corrected chi connectivity index (χ2v) is 6.52. The van der Waals surface area contributed by atoms with Crippen LogP contribution in [0.5, 0.6) is 0 Å². The van der Waals surface area contributed by atoms with Crippen molar-refractivity contribution in [1.82, 2.24) is 29.5 Å². The molecule has 1 fully saturated rings.